The minimum atomic E-state index is -0.604. The molecule has 0 rings (SSSR count). The fourth-order valence-corrected chi connectivity index (χ4v) is 0.963. The van der Waals surface area contributed by atoms with Crippen molar-refractivity contribution in [3.05, 3.63) is 0 Å². The van der Waals surface area contributed by atoms with E-state index >= 15 is 0 Å². The van der Waals surface area contributed by atoms with Gasteiger partial charge in [0.05, 0.1) is 5.92 Å². The highest BCUT2D eigenvalue weighted by atomic mass is 32.2. The van der Waals surface area contributed by atoms with Gasteiger partial charge in [-0.05, 0) is 27.0 Å². The first-order chi connectivity index (χ1) is 6.84. The van der Waals surface area contributed by atoms with Gasteiger partial charge in [-0.15, -0.1) is 0 Å². The summed E-state index contributed by atoms with van der Waals surface area (Å²) >= 11 is 1.67. The molecular formula is C9H19N3O2S. The van der Waals surface area contributed by atoms with Gasteiger partial charge in [0.2, 0.25) is 5.91 Å². The van der Waals surface area contributed by atoms with Gasteiger partial charge in [-0.3, -0.25) is 4.79 Å². The Morgan fingerprint density at radius 3 is 2.60 bits per heavy atom. The Morgan fingerprint density at radius 1 is 1.67 bits per heavy atom. The molecule has 0 fully saturated rings. The van der Waals surface area contributed by atoms with Crippen molar-refractivity contribution in [1.82, 2.24) is 5.32 Å². The summed E-state index contributed by atoms with van der Waals surface area (Å²) in [6, 6.07) is 0. The summed E-state index contributed by atoms with van der Waals surface area (Å²) in [6.45, 7) is 6.21. The monoisotopic (exact) mass is 233 g/mol. The Balaban J connectivity index is 4.16. The van der Waals surface area contributed by atoms with E-state index in [1.807, 2.05) is 20.1 Å². The Labute approximate surface area is 94.5 Å². The summed E-state index contributed by atoms with van der Waals surface area (Å²) in [7, 11) is 0. The number of carbonyl (C=O) groups excluding carboxylic acids is 1. The predicted molar refractivity (Wildman–Crippen MR) is 63.2 cm³/mol. The van der Waals surface area contributed by atoms with Crippen molar-refractivity contribution in [3.63, 3.8) is 0 Å². The predicted octanol–water partition coefficient (Wildman–Crippen LogP) is 0.627. The zero-order valence-corrected chi connectivity index (χ0v) is 10.4. The molecule has 0 bridgehead atoms. The number of amidine groups is 1. The van der Waals surface area contributed by atoms with Gasteiger partial charge < -0.3 is 16.3 Å². The highest BCUT2D eigenvalue weighted by molar-refractivity contribution is 7.99. The van der Waals surface area contributed by atoms with Crippen molar-refractivity contribution in [2.75, 3.05) is 12.8 Å². The summed E-state index contributed by atoms with van der Waals surface area (Å²) in [5, 5.41) is 14.0. The molecule has 1 unspecified atom stereocenters. The van der Waals surface area contributed by atoms with Gasteiger partial charge in [-0.25, -0.2) is 0 Å². The first-order valence-electron chi connectivity index (χ1n) is 4.64. The molecule has 0 aromatic heterocycles. The number of nitrogens with one attached hydrogen (secondary N) is 1. The number of nitrogens with two attached hydrogens (primary N) is 1. The average Bonchev–Trinajstić information content (AvgIpc) is 2.23. The molecule has 5 nitrogen and oxygen atoms in total. The van der Waals surface area contributed by atoms with Crippen LogP contribution in [0, 0.1) is 5.92 Å². The lowest BCUT2D eigenvalue weighted by Crippen LogP contribution is -2.42. The van der Waals surface area contributed by atoms with E-state index in [-0.39, 0.29) is 16.5 Å². The number of carbonyl (C=O) groups is 1. The minimum absolute atomic E-state index is 0.0134. The van der Waals surface area contributed by atoms with Crippen molar-refractivity contribution >= 4 is 23.5 Å². The number of nitrogens with zero attached hydrogens (tertiary/aromatic N) is 1. The highest BCUT2D eigenvalue weighted by Crippen LogP contribution is 2.19. The quantitative estimate of drug-likeness (QED) is 0.281. The summed E-state index contributed by atoms with van der Waals surface area (Å²) in [5.74, 6) is -0.908. The molecular weight excluding hydrogens is 214 g/mol. The Morgan fingerprint density at radius 2 is 2.20 bits per heavy atom. The first-order valence-corrected chi connectivity index (χ1v) is 5.87. The Bertz CT molecular complexity index is 254. The summed E-state index contributed by atoms with van der Waals surface area (Å²) < 4.78 is -0.0134. The lowest BCUT2D eigenvalue weighted by atomic mass is 10.1. The molecule has 0 spiro atoms. The lowest BCUT2D eigenvalue weighted by molar-refractivity contribution is -0.122. The number of rotatable bonds is 5. The zero-order valence-electron chi connectivity index (χ0n) is 9.57. The fourth-order valence-electron chi connectivity index (χ4n) is 0.746. The van der Waals surface area contributed by atoms with Gasteiger partial charge in [-0.2, -0.15) is 11.8 Å². The van der Waals surface area contributed by atoms with E-state index in [9.17, 15) is 4.79 Å². The third-order valence-corrected chi connectivity index (χ3v) is 3.44. The maximum Gasteiger partial charge on any atom is 0.230 e. The second kappa shape index (κ2) is 5.85. The summed E-state index contributed by atoms with van der Waals surface area (Å²) in [4.78, 5) is 11.5. The van der Waals surface area contributed by atoms with E-state index in [2.05, 4.69) is 10.5 Å². The maximum atomic E-state index is 11.5. The number of hydrogen-bond donors (Lipinski definition) is 3. The normalized spacial score (nSPS) is 14.8. The van der Waals surface area contributed by atoms with Crippen molar-refractivity contribution in [2.45, 2.75) is 25.5 Å². The number of amides is 1. The summed E-state index contributed by atoms with van der Waals surface area (Å²) in [5.41, 5.74) is 5.32. The van der Waals surface area contributed by atoms with Crippen LogP contribution in [0.2, 0.25) is 0 Å². The smallest absolute Gasteiger partial charge is 0.230 e. The van der Waals surface area contributed by atoms with E-state index in [4.69, 9.17) is 10.9 Å². The van der Waals surface area contributed by atoms with Crippen LogP contribution >= 0.6 is 11.8 Å². The van der Waals surface area contributed by atoms with Gasteiger partial charge in [0.25, 0.3) is 0 Å². The Kier molecular flexibility index (Phi) is 5.49. The van der Waals surface area contributed by atoms with Crippen LogP contribution in [0.3, 0.4) is 0 Å². The zero-order chi connectivity index (χ0) is 12.1. The van der Waals surface area contributed by atoms with Gasteiger partial charge >= 0.3 is 0 Å². The van der Waals surface area contributed by atoms with Gasteiger partial charge in [-0.1, -0.05) is 5.16 Å². The summed E-state index contributed by atoms with van der Waals surface area (Å²) in [6.07, 6.45) is 1.99. The second-order valence-electron chi connectivity index (χ2n) is 3.93. The van der Waals surface area contributed by atoms with Crippen LogP contribution in [0.4, 0.5) is 0 Å². The molecule has 88 valence electrons. The molecule has 1 atom stereocenters. The molecule has 0 aliphatic heterocycles. The molecule has 0 saturated carbocycles. The standard InChI is InChI=1S/C9H19N3O2S/c1-6(7(10)12-14)8(13)11-5-9(2,3)15-4/h6,14H,5H2,1-4H3,(H2,10,12)(H,11,13). The lowest BCUT2D eigenvalue weighted by Gasteiger charge is -2.23. The largest absolute Gasteiger partial charge is 0.409 e. The molecule has 15 heavy (non-hydrogen) atoms. The Hall–Kier alpha value is -0.910. The van der Waals surface area contributed by atoms with E-state index < -0.39 is 5.92 Å². The van der Waals surface area contributed by atoms with Gasteiger partial charge in [0.15, 0.2) is 5.84 Å². The van der Waals surface area contributed by atoms with E-state index in [1.54, 1.807) is 18.7 Å². The SMILES string of the molecule is CSC(C)(C)CNC(=O)C(C)C(N)=NO. The van der Waals surface area contributed by atoms with Gasteiger partial charge in [0, 0.05) is 11.3 Å². The number of hydrogen-bond acceptors (Lipinski definition) is 4. The van der Waals surface area contributed by atoms with Crippen molar-refractivity contribution in [2.24, 2.45) is 16.8 Å². The highest BCUT2D eigenvalue weighted by Gasteiger charge is 2.21. The van der Waals surface area contributed by atoms with Crippen molar-refractivity contribution in [3.8, 4) is 0 Å². The van der Waals surface area contributed by atoms with Gasteiger partial charge in [0.1, 0.15) is 0 Å². The van der Waals surface area contributed by atoms with Crippen molar-refractivity contribution in [1.29, 1.82) is 0 Å². The molecule has 6 heteroatoms. The van der Waals surface area contributed by atoms with Crippen LogP contribution in [-0.2, 0) is 4.79 Å². The first kappa shape index (κ1) is 14.1. The third kappa shape index (κ3) is 4.92. The van der Waals surface area contributed by atoms with E-state index in [0.717, 1.165) is 0 Å². The topological polar surface area (TPSA) is 87.7 Å². The minimum Gasteiger partial charge on any atom is -0.409 e. The second-order valence-corrected chi connectivity index (χ2v) is 5.44. The molecule has 0 aromatic rings. The molecule has 0 aliphatic rings. The van der Waals surface area contributed by atoms with Crippen LogP contribution in [0.25, 0.3) is 0 Å². The fraction of sp³-hybridized carbons (Fsp3) is 0.778. The average molecular weight is 233 g/mol. The van der Waals surface area contributed by atoms with E-state index in [1.165, 1.54) is 0 Å². The number of thioether (sulfide) groups is 1. The van der Waals surface area contributed by atoms with Crippen LogP contribution in [0.1, 0.15) is 20.8 Å². The molecule has 0 aromatic carbocycles. The van der Waals surface area contributed by atoms with Crippen LogP contribution in [0.15, 0.2) is 5.16 Å². The number of oxime groups is 1. The molecule has 0 aliphatic carbocycles. The maximum absolute atomic E-state index is 11.5. The van der Waals surface area contributed by atoms with Crippen LogP contribution in [0.5, 0.6) is 0 Å². The molecule has 0 heterocycles. The van der Waals surface area contributed by atoms with E-state index in [0.29, 0.717) is 6.54 Å². The van der Waals surface area contributed by atoms with Crippen molar-refractivity contribution < 1.29 is 10.0 Å². The molecule has 0 saturated heterocycles. The molecule has 0 radical (unpaired) electrons. The van der Waals surface area contributed by atoms with Crippen LogP contribution < -0.4 is 11.1 Å². The molecule has 1 amide bonds. The molecule has 4 N–H and O–H groups in total. The third-order valence-electron chi connectivity index (χ3n) is 2.19. The van der Waals surface area contributed by atoms with Crippen LogP contribution in [-0.4, -0.2) is 34.5 Å².